The van der Waals surface area contributed by atoms with E-state index in [0.29, 0.717) is 10.9 Å². The summed E-state index contributed by atoms with van der Waals surface area (Å²) in [5.74, 6) is -0.410. The lowest BCUT2D eigenvalue weighted by atomic mass is 9.99. The first kappa shape index (κ1) is 17.1. The molecular weight excluding hydrogens is 294 g/mol. The van der Waals surface area contributed by atoms with E-state index in [1.165, 1.54) is 24.2 Å². The third kappa shape index (κ3) is 3.93. The van der Waals surface area contributed by atoms with E-state index in [2.05, 4.69) is 29.8 Å². The fourth-order valence-electron chi connectivity index (χ4n) is 2.84. The van der Waals surface area contributed by atoms with Crippen LogP contribution in [0, 0.1) is 11.3 Å². The molecule has 0 aliphatic carbocycles. The molecule has 22 heavy (non-hydrogen) atoms. The Bertz CT molecular complexity index is 538. The second kappa shape index (κ2) is 7.85. The zero-order chi connectivity index (χ0) is 16.1. The van der Waals surface area contributed by atoms with Gasteiger partial charge in [0.25, 0.3) is 0 Å². The highest BCUT2D eigenvalue weighted by atomic mass is 32.1. The number of aromatic nitrogens is 1. The number of nitriles is 1. The summed E-state index contributed by atoms with van der Waals surface area (Å²) >= 11 is 1.43. The number of likely N-dealkylation sites (tertiary alicyclic amines) is 1. The molecule has 1 aromatic rings. The SMILES string of the molecule is CC(C)c1csc([C@H](C#N)C(=O)[C@H](C)N2CCCCCC2)n1. The van der Waals surface area contributed by atoms with Gasteiger partial charge in [-0.15, -0.1) is 11.3 Å². The van der Waals surface area contributed by atoms with E-state index in [4.69, 9.17) is 0 Å². The van der Waals surface area contributed by atoms with Gasteiger partial charge in [-0.25, -0.2) is 4.98 Å². The van der Waals surface area contributed by atoms with Crippen molar-refractivity contribution in [2.24, 2.45) is 0 Å². The molecule has 0 aromatic carbocycles. The number of Topliss-reactive ketones (excluding diaryl/α,β-unsaturated/α-hetero) is 1. The van der Waals surface area contributed by atoms with Crippen molar-refractivity contribution in [2.45, 2.75) is 64.3 Å². The lowest BCUT2D eigenvalue weighted by Gasteiger charge is -2.27. The quantitative estimate of drug-likeness (QED) is 0.830. The Labute approximate surface area is 137 Å². The minimum Gasteiger partial charge on any atom is -0.296 e. The fraction of sp³-hybridized carbons (Fsp3) is 0.706. The van der Waals surface area contributed by atoms with Crippen LogP contribution in [-0.2, 0) is 4.79 Å². The van der Waals surface area contributed by atoms with Crippen molar-refractivity contribution in [3.05, 3.63) is 16.1 Å². The molecule has 0 amide bonds. The van der Waals surface area contributed by atoms with E-state index in [9.17, 15) is 10.1 Å². The Balaban J connectivity index is 2.11. The summed E-state index contributed by atoms with van der Waals surface area (Å²) in [6.07, 6.45) is 4.76. The van der Waals surface area contributed by atoms with E-state index in [0.717, 1.165) is 31.6 Å². The van der Waals surface area contributed by atoms with Crippen LogP contribution in [0.25, 0.3) is 0 Å². The van der Waals surface area contributed by atoms with Gasteiger partial charge in [0.1, 0.15) is 5.01 Å². The lowest BCUT2D eigenvalue weighted by Crippen LogP contribution is -2.41. The second-order valence-corrected chi connectivity index (χ2v) is 7.25. The van der Waals surface area contributed by atoms with Crippen LogP contribution in [0.1, 0.15) is 69.0 Å². The second-order valence-electron chi connectivity index (χ2n) is 6.36. The number of thiazole rings is 1. The van der Waals surface area contributed by atoms with Crippen LogP contribution in [0.15, 0.2) is 5.38 Å². The normalized spacial score (nSPS) is 19.4. The zero-order valence-electron chi connectivity index (χ0n) is 13.7. The van der Waals surface area contributed by atoms with Crippen molar-refractivity contribution in [1.82, 2.24) is 9.88 Å². The van der Waals surface area contributed by atoms with Crippen LogP contribution in [0.3, 0.4) is 0 Å². The van der Waals surface area contributed by atoms with Gasteiger partial charge in [0.15, 0.2) is 11.7 Å². The van der Waals surface area contributed by atoms with Gasteiger partial charge in [0.05, 0.1) is 17.8 Å². The van der Waals surface area contributed by atoms with Crippen LogP contribution in [-0.4, -0.2) is 34.8 Å². The Hall–Kier alpha value is -1.25. The van der Waals surface area contributed by atoms with Gasteiger partial charge < -0.3 is 0 Å². The highest BCUT2D eigenvalue weighted by Gasteiger charge is 2.31. The monoisotopic (exact) mass is 319 g/mol. The first-order chi connectivity index (χ1) is 10.5. The molecule has 0 radical (unpaired) electrons. The maximum Gasteiger partial charge on any atom is 0.173 e. The van der Waals surface area contributed by atoms with Crippen molar-refractivity contribution in [1.29, 1.82) is 5.26 Å². The average molecular weight is 319 g/mol. The number of rotatable bonds is 5. The van der Waals surface area contributed by atoms with Gasteiger partial charge in [0, 0.05) is 5.38 Å². The molecule has 2 atom stereocenters. The number of nitrogens with zero attached hydrogens (tertiary/aromatic N) is 3. The van der Waals surface area contributed by atoms with Crippen LogP contribution in [0.4, 0.5) is 0 Å². The molecule has 0 N–H and O–H groups in total. The number of hydrogen-bond donors (Lipinski definition) is 0. The number of hydrogen-bond acceptors (Lipinski definition) is 5. The smallest absolute Gasteiger partial charge is 0.173 e. The van der Waals surface area contributed by atoms with Gasteiger partial charge in [-0.1, -0.05) is 26.7 Å². The third-order valence-electron chi connectivity index (χ3n) is 4.39. The van der Waals surface area contributed by atoms with Crippen molar-refractivity contribution in [3.63, 3.8) is 0 Å². The van der Waals surface area contributed by atoms with Crippen molar-refractivity contribution >= 4 is 17.1 Å². The Morgan fingerprint density at radius 2 is 1.91 bits per heavy atom. The van der Waals surface area contributed by atoms with Gasteiger partial charge in [-0.3, -0.25) is 9.69 Å². The molecule has 1 aromatic heterocycles. The highest BCUT2D eigenvalue weighted by Crippen LogP contribution is 2.26. The van der Waals surface area contributed by atoms with Crippen LogP contribution < -0.4 is 0 Å². The molecule has 2 heterocycles. The van der Waals surface area contributed by atoms with E-state index < -0.39 is 5.92 Å². The Morgan fingerprint density at radius 3 is 2.41 bits per heavy atom. The molecule has 1 aliphatic heterocycles. The molecule has 1 aliphatic rings. The summed E-state index contributed by atoms with van der Waals surface area (Å²) in [6.45, 7) is 8.00. The van der Waals surface area contributed by atoms with Gasteiger partial charge in [-0.05, 0) is 38.8 Å². The van der Waals surface area contributed by atoms with Crippen molar-refractivity contribution in [3.8, 4) is 6.07 Å². The topological polar surface area (TPSA) is 57.0 Å². The molecule has 0 unspecified atom stereocenters. The largest absolute Gasteiger partial charge is 0.296 e. The predicted molar refractivity (Wildman–Crippen MR) is 89.1 cm³/mol. The summed E-state index contributed by atoms with van der Waals surface area (Å²) < 4.78 is 0. The minimum atomic E-state index is -0.726. The summed E-state index contributed by atoms with van der Waals surface area (Å²) in [6, 6.07) is 1.98. The van der Waals surface area contributed by atoms with Crippen LogP contribution in [0.2, 0.25) is 0 Å². The molecule has 0 spiro atoms. The summed E-state index contributed by atoms with van der Waals surface area (Å²) in [7, 11) is 0. The number of carbonyl (C=O) groups excluding carboxylic acids is 1. The van der Waals surface area contributed by atoms with Gasteiger partial charge in [-0.2, -0.15) is 5.26 Å². The third-order valence-corrected chi connectivity index (χ3v) is 5.32. The molecule has 0 saturated carbocycles. The molecule has 4 nitrogen and oxygen atoms in total. The van der Waals surface area contributed by atoms with E-state index in [-0.39, 0.29) is 11.8 Å². The molecule has 2 rings (SSSR count). The van der Waals surface area contributed by atoms with E-state index in [1.54, 1.807) is 0 Å². The number of ketones is 1. The highest BCUT2D eigenvalue weighted by molar-refractivity contribution is 7.10. The summed E-state index contributed by atoms with van der Waals surface area (Å²) in [5, 5.41) is 12.1. The Kier molecular flexibility index (Phi) is 6.10. The maximum absolute atomic E-state index is 12.8. The minimum absolute atomic E-state index is 0.00550. The van der Waals surface area contributed by atoms with E-state index >= 15 is 0 Å². The summed E-state index contributed by atoms with van der Waals surface area (Å²) in [4.78, 5) is 19.5. The molecular formula is C17H25N3OS. The first-order valence-corrected chi connectivity index (χ1v) is 9.05. The van der Waals surface area contributed by atoms with Gasteiger partial charge >= 0.3 is 0 Å². The zero-order valence-corrected chi connectivity index (χ0v) is 14.5. The molecule has 5 heteroatoms. The molecule has 0 bridgehead atoms. The van der Waals surface area contributed by atoms with Crippen molar-refractivity contribution < 1.29 is 4.79 Å². The maximum atomic E-state index is 12.8. The van der Waals surface area contributed by atoms with E-state index in [1.807, 2.05) is 12.3 Å². The summed E-state index contributed by atoms with van der Waals surface area (Å²) in [5.41, 5.74) is 0.968. The number of carbonyl (C=O) groups is 1. The van der Waals surface area contributed by atoms with Gasteiger partial charge in [0.2, 0.25) is 0 Å². The molecule has 1 saturated heterocycles. The van der Waals surface area contributed by atoms with Crippen LogP contribution in [0.5, 0.6) is 0 Å². The fourth-order valence-corrected chi connectivity index (χ4v) is 3.87. The lowest BCUT2D eigenvalue weighted by molar-refractivity contribution is -0.124. The van der Waals surface area contributed by atoms with Crippen LogP contribution >= 0.6 is 11.3 Å². The Morgan fingerprint density at radius 1 is 1.27 bits per heavy atom. The predicted octanol–water partition coefficient (Wildman–Crippen LogP) is 3.71. The molecule has 1 fully saturated rings. The standard InChI is InChI=1S/C17H25N3OS/c1-12(2)15-11-22-17(19-15)14(10-18)16(21)13(3)20-8-6-4-5-7-9-20/h11-14H,4-9H2,1-3H3/t13-,14+/m0/s1. The average Bonchev–Trinajstić information content (AvgIpc) is 2.83. The molecule has 120 valence electrons. The first-order valence-electron chi connectivity index (χ1n) is 8.17. The van der Waals surface area contributed by atoms with Crippen molar-refractivity contribution in [2.75, 3.05) is 13.1 Å².